The number of halogens is 2. The monoisotopic (exact) mass is 341 g/mol. The first-order valence-electron chi connectivity index (χ1n) is 5.81. The molecule has 0 aromatic heterocycles. The lowest BCUT2D eigenvalue weighted by Crippen LogP contribution is -2.00. The van der Waals surface area contributed by atoms with Crippen molar-refractivity contribution in [1.29, 1.82) is 0 Å². The van der Waals surface area contributed by atoms with Crippen LogP contribution in [0.25, 0.3) is 0 Å². The van der Waals surface area contributed by atoms with Gasteiger partial charge < -0.3 is 0 Å². The second-order valence-corrected chi connectivity index (χ2v) is 6.13. The molecule has 108 valence electrons. The number of carbonyl (C=O) groups excluding carboxylic acids is 1. The van der Waals surface area contributed by atoms with E-state index in [-0.39, 0.29) is 17.0 Å². The third-order valence-electron chi connectivity index (χ3n) is 2.67. The summed E-state index contributed by atoms with van der Waals surface area (Å²) in [6.07, 6.45) is 0. The second-order valence-electron chi connectivity index (χ2n) is 4.17. The maximum Gasteiger partial charge on any atom is 0.280 e. The Morgan fingerprint density at radius 1 is 1.19 bits per heavy atom. The molecule has 0 saturated carbocycles. The minimum atomic E-state index is -0.572. The molecule has 2 aromatic carbocycles. The van der Waals surface area contributed by atoms with E-state index < -0.39 is 4.92 Å². The zero-order valence-corrected chi connectivity index (χ0v) is 13.1. The summed E-state index contributed by atoms with van der Waals surface area (Å²) >= 11 is 13.3. The van der Waals surface area contributed by atoms with E-state index in [9.17, 15) is 14.9 Å². The highest BCUT2D eigenvalue weighted by Crippen LogP contribution is 2.36. The molecule has 2 rings (SSSR count). The van der Waals surface area contributed by atoms with E-state index in [4.69, 9.17) is 23.2 Å². The Kier molecular flexibility index (Phi) is 4.88. The van der Waals surface area contributed by atoms with Crippen molar-refractivity contribution in [1.82, 2.24) is 0 Å². The van der Waals surface area contributed by atoms with E-state index in [1.807, 2.05) is 0 Å². The molecule has 0 atom stereocenters. The van der Waals surface area contributed by atoms with Crippen molar-refractivity contribution in [3.05, 3.63) is 62.1 Å². The average molecular weight is 342 g/mol. The van der Waals surface area contributed by atoms with Gasteiger partial charge in [0.15, 0.2) is 5.78 Å². The van der Waals surface area contributed by atoms with Crippen LogP contribution in [0.2, 0.25) is 10.0 Å². The smallest absolute Gasteiger partial charge is 0.280 e. The lowest BCUT2D eigenvalue weighted by molar-refractivity contribution is -0.385. The molecule has 0 aliphatic carbocycles. The molecule has 7 heteroatoms. The Bertz CT molecular complexity index is 734. The van der Waals surface area contributed by atoms with Crippen LogP contribution in [0.3, 0.4) is 0 Å². The molecule has 0 radical (unpaired) electrons. The summed E-state index contributed by atoms with van der Waals surface area (Å²) in [7, 11) is 0. The van der Waals surface area contributed by atoms with Crippen LogP contribution in [-0.2, 0) is 0 Å². The van der Waals surface area contributed by atoms with Gasteiger partial charge in [-0.25, -0.2) is 0 Å². The molecule has 4 nitrogen and oxygen atoms in total. The van der Waals surface area contributed by atoms with E-state index in [1.165, 1.54) is 30.8 Å². The number of nitrogens with zero attached hydrogens (tertiary/aromatic N) is 1. The summed E-state index contributed by atoms with van der Waals surface area (Å²) in [5, 5.41) is 12.0. The van der Waals surface area contributed by atoms with Crippen LogP contribution >= 0.6 is 35.0 Å². The topological polar surface area (TPSA) is 60.2 Å². The number of ketones is 1. The van der Waals surface area contributed by atoms with E-state index >= 15 is 0 Å². The summed E-state index contributed by atoms with van der Waals surface area (Å²) < 4.78 is 0. The van der Waals surface area contributed by atoms with E-state index in [1.54, 1.807) is 24.3 Å². The maximum atomic E-state index is 11.5. The number of nitro groups is 1. The molecule has 0 amide bonds. The minimum Gasteiger partial charge on any atom is -0.294 e. The normalized spacial score (nSPS) is 10.4. The van der Waals surface area contributed by atoms with Crippen LogP contribution < -0.4 is 0 Å². The predicted octanol–water partition coefficient (Wildman–Crippen LogP) is 5.26. The van der Waals surface area contributed by atoms with Crippen molar-refractivity contribution < 1.29 is 9.72 Å². The number of hydrogen-bond donors (Lipinski definition) is 0. The second kappa shape index (κ2) is 6.47. The average Bonchev–Trinajstić information content (AvgIpc) is 2.42. The van der Waals surface area contributed by atoms with Crippen molar-refractivity contribution in [2.75, 3.05) is 0 Å². The van der Waals surface area contributed by atoms with Gasteiger partial charge in [-0.3, -0.25) is 14.9 Å². The first kappa shape index (κ1) is 15.8. The fourth-order valence-corrected chi connectivity index (χ4v) is 3.09. The van der Waals surface area contributed by atoms with Crippen molar-refractivity contribution >= 4 is 46.4 Å². The maximum absolute atomic E-state index is 11.5. The number of nitro benzene ring substituents is 1. The first-order chi connectivity index (χ1) is 9.88. The lowest BCUT2D eigenvalue weighted by atomic mass is 10.1. The Morgan fingerprint density at radius 2 is 1.90 bits per heavy atom. The van der Waals surface area contributed by atoms with Gasteiger partial charge in [-0.05, 0) is 37.3 Å². The SMILES string of the molecule is CC(=O)c1cc(Sc2cc(Cl)ccc2Cl)ccc1[N+](=O)[O-]. The highest BCUT2D eigenvalue weighted by atomic mass is 35.5. The Morgan fingerprint density at radius 3 is 2.52 bits per heavy atom. The number of hydrogen-bond acceptors (Lipinski definition) is 4. The van der Waals surface area contributed by atoms with Gasteiger partial charge in [0.1, 0.15) is 0 Å². The number of Topliss-reactive ketones (excluding diaryl/α,β-unsaturated/α-hetero) is 1. The fraction of sp³-hybridized carbons (Fsp3) is 0.0714. The lowest BCUT2D eigenvalue weighted by Gasteiger charge is -2.06. The van der Waals surface area contributed by atoms with Gasteiger partial charge in [0, 0.05) is 20.9 Å². The van der Waals surface area contributed by atoms with Gasteiger partial charge in [-0.1, -0.05) is 35.0 Å². The number of carbonyl (C=O) groups is 1. The van der Waals surface area contributed by atoms with Crippen molar-refractivity contribution in [3.63, 3.8) is 0 Å². The quantitative estimate of drug-likeness (QED) is 0.432. The van der Waals surface area contributed by atoms with Crippen LogP contribution in [0, 0.1) is 10.1 Å². The predicted molar refractivity (Wildman–Crippen MR) is 83.7 cm³/mol. The third-order valence-corrected chi connectivity index (χ3v) is 4.39. The van der Waals surface area contributed by atoms with Crippen LogP contribution in [0.1, 0.15) is 17.3 Å². The highest BCUT2D eigenvalue weighted by Gasteiger charge is 2.18. The Balaban J connectivity index is 2.41. The highest BCUT2D eigenvalue weighted by molar-refractivity contribution is 7.99. The first-order valence-corrected chi connectivity index (χ1v) is 7.38. The van der Waals surface area contributed by atoms with E-state index in [0.717, 1.165) is 0 Å². The van der Waals surface area contributed by atoms with Crippen LogP contribution in [0.4, 0.5) is 5.69 Å². The zero-order chi connectivity index (χ0) is 15.6. The molecule has 0 aliphatic rings. The fourth-order valence-electron chi connectivity index (χ4n) is 1.70. The van der Waals surface area contributed by atoms with Crippen molar-refractivity contribution in [2.45, 2.75) is 16.7 Å². The van der Waals surface area contributed by atoms with Crippen LogP contribution in [0.15, 0.2) is 46.2 Å². The molecular formula is C14H9Cl2NO3S. The number of benzene rings is 2. The summed E-state index contributed by atoms with van der Waals surface area (Å²) in [4.78, 5) is 23.3. The van der Waals surface area contributed by atoms with Crippen molar-refractivity contribution in [2.24, 2.45) is 0 Å². The largest absolute Gasteiger partial charge is 0.294 e. The van der Waals surface area contributed by atoms with E-state index in [0.29, 0.717) is 19.8 Å². The molecule has 2 aromatic rings. The van der Waals surface area contributed by atoms with Gasteiger partial charge in [0.05, 0.1) is 15.5 Å². The molecule has 0 fully saturated rings. The molecular weight excluding hydrogens is 333 g/mol. The van der Waals surface area contributed by atoms with E-state index in [2.05, 4.69) is 0 Å². The number of rotatable bonds is 4. The summed E-state index contributed by atoms with van der Waals surface area (Å²) in [5.41, 5.74) is -0.132. The van der Waals surface area contributed by atoms with Gasteiger partial charge in [0.2, 0.25) is 0 Å². The van der Waals surface area contributed by atoms with Gasteiger partial charge in [0.25, 0.3) is 5.69 Å². The molecule has 0 unspecified atom stereocenters. The standard InChI is InChI=1S/C14H9Cl2NO3S/c1-8(18)11-7-10(3-5-13(11)17(19)20)21-14-6-9(15)2-4-12(14)16/h2-7H,1H3. The molecule has 0 spiro atoms. The van der Waals surface area contributed by atoms with Crippen LogP contribution in [0.5, 0.6) is 0 Å². The van der Waals surface area contributed by atoms with Crippen LogP contribution in [-0.4, -0.2) is 10.7 Å². The van der Waals surface area contributed by atoms with Gasteiger partial charge in [-0.15, -0.1) is 0 Å². The molecule has 0 heterocycles. The van der Waals surface area contributed by atoms with Crippen molar-refractivity contribution in [3.8, 4) is 0 Å². The minimum absolute atomic E-state index is 0.0724. The van der Waals surface area contributed by atoms with Gasteiger partial charge in [-0.2, -0.15) is 0 Å². The summed E-state index contributed by atoms with van der Waals surface area (Å²) in [6.45, 7) is 1.29. The third kappa shape index (κ3) is 3.75. The summed E-state index contributed by atoms with van der Waals surface area (Å²) in [5.74, 6) is -0.360. The molecule has 0 N–H and O–H groups in total. The summed E-state index contributed by atoms with van der Waals surface area (Å²) in [6, 6.07) is 9.42. The Hall–Kier alpha value is -1.56. The molecule has 0 saturated heterocycles. The molecule has 0 bridgehead atoms. The molecule has 0 aliphatic heterocycles. The van der Waals surface area contributed by atoms with Gasteiger partial charge >= 0.3 is 0 Å². The Labute approximate surface area is 135 Å². The zero-order valence-electron chi connectivity index (χ0n) is 10.8. The molecule has 21 heavy (non-hydrogen) atoms.